The van der Waals surface area contributed by atoms with Gasteiger partial charge >= 0.3 is 122 Å². The number of nitrogens with zero attached hydrogens (tertiary/aromatic N) is 1. The van der Waals surface area contributed by atoms with E-state index in [1.165, 1.54) is 0 Å². The van der Waals surface area contributed by atoms with Crippen molar-refractivity contribution in [1.29, 1.82) is 0 Å². The van der Waals surface area contributed by atoms with Gasteiger partial charge in [-0.1, -0.05) is 0 Å². The Hall–Kier alpha value is -0.754. The summed E-state index contributed by atoms with van der Waals surface area (Å²) in [5.74, 6) is -0.00611. The second-order valence-electron chi connectivity index (χ2n) is 4.48. The first-order valence-electron chi connectivity index (χ1n) is 5.71. The van der Waals surface area contributed by atoms with Gasteiger partial charge < -0.3 is 0 Å². The van der Waals surface area contributed by atoms with Gasteiger partial charge in [0.1, 0.15) is 0 Å². The van der Waals surface area contributed by atoms with Gasteiger partial charge in [0.05, 0.1) is 0 Å². The van der Waals surface area contributed by atoms with Crippen molar-refractivity contribution in [2.24, 2.45) is 0 Å². The van der Waals surface area contributed by atoms with Crippen LogP contribution in [0.2, 0.25) is 0 Å². The van der Waals surface area contributed by atoms with Crippen LogP contribution < -0.4 is 0 Å². The van der Waals surface area contributed by atoms with Gasteiger partial charge in [0.2, 0.25) is 0 Å². The van der Waals surface area contributed by atoms with Crippen LogP contribution >= 0.6 is 0 Å². The summed E-state index contributed by atoms with van der Waals surface area (Å²) in [5.41, 5.74) is 0.583. The molecule has 2 aliphatic heterocycles. The van der Waals surface area contributed by atoms with Gasteiger partial charge in [-0.15, -0.1) is 0 Å². The SMILES string of the molecule is O=C1C=C[C@]2(C[O][Po])COC(c3ccccc3)N12. The standard InChI is InChI=1S/C13H12NO3.Po/c15-8-13-7-6-11(16)14(13)12(17-9-13)10-4-2-1-3-5-10;/h1-7,12H,8-9H2;/q-1;+1/t12?,13-;/m0./s1. The molecule has 1 radical (unpaired) electrons. The summed E-state index contributed by atoms with van der Waals surface area (Å²) in [7, 11) is 0. The first kappa shape index (κ1) is 12.3. The molecule has 0 N–H and O–H groups in total. The maximum absolute atomic E-state index is 12.0. The Morgan fingerprint density at radius 1 is 1.44 bits per heavy atom. The van der Waals surface area contributed by atoms with Crippen LogP contribution in [-0.2, 0) is 12.3 Å². The van der Waals surface area contributed by atoms with E-state index in [-0.39, 0.29) is 12.1 Å². The molecule has 3 rings (SSSR count). The van der Waals surface area contributed by atoms with Gasteiger partial charge in [0, 0.05) is 0 Å². The van der Waals surface area contributed by atoms with Crippen molar-refractivity contribution in [1.82, 2.24) is 4.90 Å². The van der Waals surface area contributed by atoms with Crippen LogP contribution in [0, 0.1) is 0 Å². The molecule has 2 atom stereocenters. The number of benzene rings is 1. The molecule has 1 unspecified atom stereocenters. The van der Waals surface area contributed by atoms with Gasteiger partial charge in [-0.25, -0.2) is 0 Å². The summed E-state index contributed by atoms with van der Waals surface area (Å²) in [6.45, 7) is 0.982. The van der Waals surface area contributed by atoms with E-state index in [0.717, 1.165) is 31.1 Å². The van der Waals surface area contributed by atoms with Gasteiger partial charge in [0.15, 0.2) is 0 Å². The van der Waals surface area contributed by atoms with Crippen molar-refractivity contribution < 1.29 is 12.3 Å². The second-order valence-corrected chi connectivity index (χ2v) is 5.40. The zero-order valence-electron chi connectivity index (χ0n) is 9.61. The molecule has 93 valence electrons. The topological polar surface area (TPSA) is 38.8 Å². The fraction of sp³-hybridized carbons (Fsp3) is 0.308. The van der Waals surface area contributed by atoms with E-state index in [1.54, 1.807) is 11.0 Å². The van der Waals surface area contributed by atoms with Gasteiger partial charge in [0.25, 0.3) is 0 Å². The molecule has 0 aromatic heterocycles. The van der Waals surface area contributed by atoms with E-state index < -0.39 is 5.54 Å². The normalized spacial score (nSPS) is 29.9. The number of carbonyl (C=O) groups excluding carboxylic acids is 1. The van der Waals surface area contributed by atoms with E-state index in [1.807, 2.05) is 36.4 Å². The molecule has 2 aliphatic rings. The zero-order valence-corrected chi connectivity index (χ0v) is 12.8. The van der Waals surface area contributed by atoms with Crippen molar-refractivity contribution >= 4 is 31.4 Å². The molecule has 1 fully saturated rings. The Bertz CT molecular complexity index is 490. The van der Waals surface area contributed by atoms with E-state index in [4.69, 9.17) is 7.51 Å². The fourth-order valence-corrected chi connectivity index (χ4v) is 3.29. The monoisotopic (exact) mass is 439 g/mol. The first-order valence-corrected chi connectivity index (χ1v) is 7.00. The summed E-state index contributed by atoms with van der Waals surface area (Å²) >= 11 is 1.05. The van der Waals surface area contributed by atoms with Crippen molar-refractivity contribution in [2.45, 2.75) is 11.8 Å². The average Bonchev–Trinajstić information content (AvgIpc) is 2.91. The van der Waals surface area contributed by atoms with Gasteiger partial charge in [-0.05, 0) is 0 Å². The van der Waals surface area contributed by atoms with Crippen LogP contribution in [0.25, 0.3) is 0 Å². The molecule has 1 aromatic carbocycles. The number of carbonyl (C=O) groups is 1. The number of amides is 1. The Morgan fingerprint density at radius 3 is 2.94 bits per heavy atom. The van der Waals surface area contributed by atoms with Crippen LogP contribution in [0.3, 0.4) is 0 Å². The Morgan fingerprint density at radius 2 is 2.22 bits per heavy atom. The van der Waals surface area contributed by atoms with E-state index in [2.05, 4.69) is 0 Å². The number of rotatable bonds is 3. The van der Waals surface area contributed by atoms with Gasteiger partial charge in [-0.2, -0.15) is 0 Å². The van der Waals surface area contributed by atoms with Crippen LogP contribution in [0.5, 0.6) is 0 Å². The third-order valence-corrected chi connectivity index (χ3v) is 3.83. The van der Waals surface area contributed by atoms with Crippen molar-refractivity contribution in [3.8, 4) is 0 Å². The Labute approximate surface area is 121 Å². The van der Waals surface area contributed by atoms with Crippen molar-refractivity contribution in [3.05, 3.63) is 48.0 Å². The quantitative estimate of drug-likeness (QED) is 0.705. The fourth-order valence-electron chi connectivity index (χ4n) is 2.50. The first-order chi connectivity index (χ1) is 8.77. The summed E-state index contributed by atoms with van der Waals surface area (Å²) in [6.07, 6.45) is 3.22. The molecular weight excluding hydrogens is 427 g/mol. The molecule has 2 heterocycles. The molecule has 1 amide bonds. The molecule has 4 nitrogen and oxygen atoms in total. The second kappa shape index (κ2) is 4.73. The average molecular weight is 439 g/mol. The van der Waals surface area contributed by atoms with E-state index >= 15 is 0 Å². The van der Waals surface area contributed by atoms with Crippen LogP contribution in [0.4, 0.5) is 0 Å². The van der Waals surface area contributed by atoms with Crippen LogP contribution in [0.1, 0.15) is 11.8 Å². The molecule has 0 bridgehead atoms. The molecule has 0 spiro atoms. The summed E-state index contributed by atoms with van der Waals surface area (Å²) in [5, 5.41) is 0. The molecule has 0 aliphatic carbocycles. The van der Waals surface area contributed by atoms with Crippen LogP contribution in [0.15, 0.2) is 42.5 Å². The third kappa shape index (κ3) is 1.82. The predicted octanol–water partition coefficient (Wildman–Crippen LogP) is 0.953. The number of ether oxygens (including phenoxy) is 1. The Balaban J connectivity index is 1.95. The molecule has 1 aromatic rings. The molecule has 18 heavy (non-hydrogen) atoms. The summed E-state index contributed by atoms with van der Waals surface area (Å²) < 4.78 is 11.1. The third-order valence-electron chi connectivity index (χ3n) is 3.37. The van der Waals surface area contributed by atoms with Gasteiger partial charge in [-0.3, -0.25) is 0 Å². The molecule has 5 heteroatoms. The maximum atomic E-state index is 12.0. The molecule has 0 saturated carbocycles. The van der Waals surface area contributed by atoms with Crippen LogP contribution in [-0.4, -0.2) is 55.1 Å². The van der Waals surface area contributed by atoms with E-state index in [0.29, 0.717) is 13.2 Å². The number of fused-ring (bicyclic) bond motifs is 1. The zero-order chi connectivity index (χ0) is 12.6. The molecular formula is C13H12NO3Po. The van der Waals surface area contributed by atoms with E-state index in [9.17, 15) is 4.79 Å². The number of hydrogen-bond donors (Lipinski definition) is 0. The minimum atomic E-state index is -0.417. The summed E-state index contributed by atoms with van der Waals surface area (Å²) in [6, 6.07) is 9.81. The summed E-state index contributed by atoms with van der Waals surface area (Å²) in [4.78, 5) is 13.8. The van der Waals surface area contributed by atoms with Crippen molar-refractivity contribution in [2.75, 3.05) is 13.2 Å². The minimum absolute atomic E-state index is 0.00611. The predicted molar refractivity (Wildman–Crippen MR) is 65.6 cm³/mol. The Kier molecular flexibility index (Phi) is 3.23. The number of hydrogen-bond acceptors (Lipinski definition) is 3. The van der Waals surface area contributed by atoms with Crippen molar-refractivity contribution in [3.63, 3.8) is 0 Å². The molecule has 1 saturated heterocycles.